The van der Waals surface area contributed by atoms with E-state index >= 15 is 0 Å². The maximum atomic E-state index is 11.4. The molecule has 1 N–H and O–H groups in total. The fraction of sp³-hybridized carbons (Fsp3) is 0.750. The van der Waals surface area contributed by atoms with E-state index in [1.54, 1.807) is 11.5 Å². The van der Waals surface area contributed by atoms with Crippen molar-refractivity contribution in [3.05, 3.63) is 11.6 Å². The van der Waals surface area contributed by atoms with Crippen LogP contribution in [0.15, 0.2) is 0 Å². The summed E-state index contributed by atoms with van der Waals surface area (Å²) in [4.78, 5) is 11.4. The third-order valence-corrected chi connectivity index (χ3v) is 3.27. The van der Waals surface area contributed by atoms with Gasteiger partial charge in [-0.2, -0.15) is 0 Å². The van der Waals surface area contributed by atoms with Crippen LogP contribution in [0.5, 0.6) is 0 Å². The van der Waals surface area contributed by atoms with Crippen molar-refractivity contribution in [1.29, 1.82) is 0 Å². The monoisotopic (exact) mass is 253 g/mol. The summed E-state index contributed by atoms with van der Waals surface area (Å²) in [5, 5.41) is 17.5. The molecule has 1 fully saturated rings. The lowest BCUT2D eigenvalue weighted by atomic mass is 10.0. The Labute approximate surface area is 106 Å². The van der Waals surface area contributed by atoms with Gasteiger partial charge in [0.15, 0.2) is 5.82 Å². The lowest BCUT2D eigenvalue weighted by Gasteiger charge is -2.22. The molecule has 18 heavy (non-hydrogen) atoms. The number of carbonyl (C=O) groups is 1. The normalized spacial score (nSPS) is 21.4. The van der Waals surface area contributed by atoms with Crippen LogP contribution in [0.25, 0.3) is 0 Å². The highest BCUT2D eigenvalue weighted by molar-refractivity contribution is 5.72. The highest BCUT2D eigenvalue weighted by Gasteiger charge is 2.32. The van der Waals surface area contributed by atoms with Crippen molar-refractivity contribution >= 4 is 5.97 Å². The molecule has 0 saturated carbocycles. The van der Waals surface area contributed by atoms with Crippen LogP contribution in [0.1, 0.15) is 50.5 Å². The minimum Gasteiger partial charge on any atom is -0.480 e. The van der Waals surface area contributed by atoms with Gasteiger partial charge < -0.3 is 9.84 Å². The first-order valence-corrected chi connectivity index (χ1v) is 6.28. The fourth-order valence-electron chi connectivity index (χ4n) is 2.42. The van der Waals surface area contributed by atoms with Gasteiger partial charge in [-0.3, -0.25) is 4.57 Å². The van der Waals surface area contributed by atoms with Gasteiger partial charge in [-0.1, -0.05) is 13.8 Å². The van der Waals surface area contributed by atoms with Crippen LogP contribution >= 0.6 is 0 Å². The Bertz CT molecular complexity index is 436. The van der Waals surface area contributed by atoms with E-state index in [1.165, 1.54) is 0 Å². The maximum absolute atomic E-state index is 11.4. The third kappa shape index (κ3) is 2.25. The van der Waals surface area contributed by atoms with Gasteiger partial charge in [-0.05, 0) is 25.7 Å². The summed E-state index contributed by atoms with van der Waals surface area (Å²) in [7, 11) is 0. The van der Waals surface area contributed by atoms with E-state index in [-0.39, 0.29) is 12.0 Å². The number of aliphatic carboxylic acids is 1. The zero-order valence-corrected chi connectivity index (χ0v) is 11.0. The molecule has 0 spiro atoms. The van der Waals surface area contributed by atoms with Crippen LogP contribution in [-0.4, -0.2) is 32.4 Å². The molecule has 100 valence electrons. The number of hydrogen-bond donors (Lipinski definition) is 1. The Balaban J connectivity index is 2.41. The first-order chi connectivity index (χ1) is 8.52. The minimum atomic E-state index is -0.854. The number of ether oxygens (including phenoxy) is 1. The topological polar surface area (TPSA) is 77.2 Å². The van der Waals surface area contributed by atoms with Crippen LogP contribution in [0, 0.1) is 12.8 Å². The number of carboxylic acid groups (broad SMARTS) is 1. The highest BCUT2D eigenvalue weighted by atomic mass is 16.5. The van der Waals surface area contributed by atoms with Crippen molar-refractivity contribution in [2.24, 2.45) is 5.92 Å². The van der Waals surface area contributed by atoms with Gasteiger partial charge in [0.05, 0.1) is 0 Å². The number of carboxylic acids is 1. The zero-order valence-electron chi connectivity index (χ0n) is 11.0. The summed E-state index contributed by atoms with van der Waals surface area (Å²) in [5.74, 6) is 0.386. The van der Waals surface area contributed by atoms with E-state index < -0.39 is 12.0 Å². The van der Waals surface area contributed by atoms with Crippen LogP contribution < -0.4 is 0 Å². The van der Waals surface area contributed by atoms with E-state index in [2.05, 4.69) is 10.2 Å². The van der Waals surface area contributed by atoms with Gasteiger partial charge >= 0.3 is 5.97 Å². The molecule has 2 atom stereocenters. The quantitative estimate of drug-likeness (QED) is 0.884. The lowest BCUT2D eigenvalue weighted by molar-refractivity contribution is -0.142. The molecular weight excluding hydrogens is 234 g/mol. The van der Waals surface area contributed by atoms with E-state index in [4.69, 9.17) is 4.74 Å². The molecule has 1 aliphatic rings. The Hall–Kier alpha value is -1.43. The Morgan fingerprint density at radius 1 is 1.50 bits per heavy atom. The second-order valence-corrected chi connectivity index (χ2v) is 5.00. The average molecular weight is 253 g/mol. The molecule has 0 bridgehead atoms. The molecule has 2 unspecified atom stereocenters. The zero-order chi connectivity index (χ0) is 13.3. The molecule has 2 rings (SSSR count). The van der Waals surface area contributed by atoms with Gasteiger partial charge in [-0.15, -0.1) is 10.2 Å². The second kappa shape index (κ2) is 5.06. The first kappa shape index (κ1) is 13.0. The summed E-state index contributed by atoms with van der Waals surface area (Å²) in [5.41, 5.74) is 0. The van der Waals surface area contributed by atoms with Crippen molar-refractivity contribution in [3.63, 3.8) is 0 Å². The molecule has 2 heterocycles. The van der Waals surface area contributed by atoms with Crippen LogP contribution in [0.3, 0.4) is 0 Å². The summed E-state index contributed by atoms with van der Waals surface area (Å²) >= 11 is 0. The lowest BCUT2D eigenvalue weighted by Crippen LogP contribution is -2.27. The Kier molecular flexibility index (Phi) is 3.65. The molecule has 1 saturated heterocycles. The van der Waals surface area contributed by atoms with E-state index in [0.717, 1.165) is 12.8 Å². The van der Waals surface area contributed by atoms with Gasteiger partial charge in [0.25, 0.3) is 0 Å². The highest BCUT2D eigenvalue weighted by Crippen LogP contribution is 2.31. The fourth-order valence-corrected chi connectivity index (χ4v) is 2.42. The molecule has 0 amide bonds. The van der Waals surface area contributed by atoms with Gasteiger partial charge in [0.2, 0.25) is 0 Å². The molecule has 1 aliphatic heterocycles. The molecule has 6 nitrogen and oxygen atoms in total. The number of hydrogen-bond acceptors (Lipinski definition) is 4. The largest absolute Gasteiger partial charge is 0.480 e. The molecule has 1 aromatic rings. The molecular formula is C12H19N3O3. The van der Waals surface area contributed by atoms with Crippen molar-refractivity contribution < 1.29 is 14.6 Å². The Morgan fingerprint density at radius 3 is 2.72 bits per heavy atom. The predicted octanol–water partition coefficient (Wildman–Crippen LogP) is 1.72. The van der Waals surface area contributed by atoms with Gasteiger partial charge in [0.1, 0.15) is 18.0 Å². The summed E-state index contributed by atoms with van der Waals surface area (Å²) in [6.45, 7) is 6.26. The van der Waals surface area contributed by atoms with E-state index in [1.807, 2.05) is 13.8 Å². The minimum absolute atomic E-state index is 0.0302. The maximum Gasteiger partial charge on any atom is 0.327 e. The van der Waals surface area contributed by atoms with Crippen LogP contribution in [0.4, 0.5) is 0 Å². The van der Waals surface area contributed by atoms with Crippen LogP contribution in [0.2, 0.25) is 0 Å². The van der Waals surface area contributed by atoms with E-state index in [9.17, 15) is 9.90 Å². The van der Waals surface area contributed by atoms with Gasteiger partial charge in [-0.25, -0.2) is 4.79 Å². The number of aromatic nitrogens is 3. The Morgan fingerprint density at radius 2 is 2.22 bits per heavy atom. The third-order valence-electron chi connectivity index (χ3n) is 3.27. The average Bonchev–Trinajstić information content (AvgIpc) is 2.88. The SMILES string of the molecule is Cc1nnc(C2CCCO2)n1C(C(=O)O)C(C)C. The number of aryl methyl sites for hydroxylation is 1. The van der Waals surface area contributed by atoms with Crippen molar-refractivity contribution in [3.8, 4) is 0 Å². The van der Waals surface area contributed by atoms with Gasteiger partial charge in [0, 0.05) is 6.61 Å². The number of rotatable bonds is 4. The predicted molar refractivity (Wildman–Crippen MR) is 64.2 cm³/mol. The second-order valence-electron chi connectivity index (χ2n) is 5.00. The molecule has 0 aliphatic carbocycles. The molecule has 6 heteroatoms. The van der Waals surface area contributed by atoms with Crippen molar-refractivity contribution in [1.82, 2.24) is 14.8 Å². The van der Waals surface area contributed by atoms with E-state index in [0.29, 0.717) is 18.3 Å². The molecule has 1 aromatic heterocycles. The first-order valence-electron chi connectivity index (χ1n) is 6.28. The number of nitrogens with zero attached hydrogens (tertiary/aromatic N) is 3. The summed E-state index contributed by atoms with van der Waals surface area (Å²) < 4.78 is 7.30. The summed E-state index contributed by atoms with van der Waals surface area (Å²) in [6, 6.07) is -0.640. The van der Waals surface area contributed by atoms with Crippen molar-refractivity contribution in [2.45, 2.75) is 45.8 Å². The van der Waals surface area contributed by atoms with Crippen LogP contribution in [-0.2, 0) is 9.53 Å². The smallest absolute Gasteiger partial charge is 0.327 e. The standard InChI is InChI=1S/C12H19N3O3/c1-7(2)10(12(16)17)15-8(3)13-14-11(15)9-5-4-6-18-9/h7,9-10H,4-6H2,1-3H3,(H,16,17). The summed E-state index contributed by atoms with van der Waals surface area (Å²) in [6.07, 6.45) is 1.74. The molecule has 0 radical (unpaired) electrons. The molecule has 0 aromatic carbocycles. The van der Waals surface area contributed by atoms with Crippen molar-refractivity contribution in [2.75, 3.05) is 6.61 Å².